The second kappa shape index (κ2) is 10.0. The van der Waals surface area contributed by atoms with Crippen LogP contribution in [0.25, 0.3) is 0 Å². The van der Waals surface area contributed by atoms with Crippen LogP contribution in [0, 0.1) is 81.6 Å². The van der Waals surface area contributed by atoms with Gasteiger partial charge in [-0.25, -0.2) is 0 Å². The summed E-state index contributed by atoms with van der Waals surface area (Å²) in [6, 6.07) is 0. The normalized spacial score (nSPS) is 12.9. The lowest BCUT2D eigenvalue weighted by atomic mass is 9.92. The summed E-state index contributed by atoms with van der Waals surface area (Å²) in [4.78, 5) is 0. The SMILES string of the molecule is C#CC(C)(CNc1c(C)c(C)c(C)c(C)c1C)NCCNc1c(C)c(C)c(C)c(C)c1C. The Morgan fingerprint density at radius 1 is 0.562 bits per heavy atom. The molecule has 0 radical (unpaired) electrons. The van der Waals surface area contributed by atoms with E-state index in [-0.39, 0.29) is 0 Å². The Hall–Kier alpha value is -2.44. The summed E-state index contributed by atoms with van der Waals surface area (Å²) in [6.45, 7) is 26.4. The maximum Gasteiger partial charge on any atom is 0.0944 e. The molecule has 0 bridgehead atoms. The van der Waals surface area contributed by atoms with E-state index in [1.807, 2.05) is 0 Å². The lowest BCUT2D eigenvalue weighted by molar-refractivity contribution is 0.483. The Morgan fingerprint density at radius 2 is 0.906 bits per heavy atom. The molecule has 174 valence electrons. The minimum atomic E-state index is -0.434. The molecule has 0 fully saturated rings. The first kappa shape index (κ1) is 25.8. The number of hydrogen-bond donors (Lipinski definition) is 3. The third-order valence-corrected chi connectivity index (χ3v) is 7.88. The van der Waals surface area contributed by atoms with Crippen molar-refractivity contribution in [3.05, 3.63) is 55.6 Å². The van der Waals surface area contributed by atoms with Crippen molar-refractivity contribution in [3.8, 4) is 12.3 Å². The standard InChI is InChI=1S/C29H43N3/c1-13-29(12,16-31-28-25(10)21(6)18(3)22(7)26(28)11)32-15-14-30-27-23(8)19(4)17(2)20(5)24(27)9/h1,30-32H,14-16H2,2-12H3. The quantitative estimate of drug-likeness (QED) is 0.339. The van der Waals surface area contributed by atoms with Crippen LogP contribution in [0.4, 0.5) is 11.4 Å². The lowest BCUT2D eigenvalue weighted by Gasteiger charge is -2.29. The van der Waals surface area contributed by atoms with Crippen LogP contribution in [-0.4, -0.2) is 25.2 Å². The highest BCUT2D eigenvalue weighted by Crippen LogP contribution is 2.31. The molecule has 2 aromatic rings. The van der Waals surface area contributed by atoms with Crippen molar-refractivity contribution in [1.82, 2.24) is 5.32 Å². The van der Waals surface area contributed by atoms with Gasteiger partial charge in [-0.05, 0) is 132 Å². The average Bonchev–Trinajstić information content (AvgIpc) is 2.78. The van der Waals surface area contributed by atoms with E-state index in [1.165, 1.54) is 67.0 Å². The van der Waals surface area contributed by atoms with Gasteiger partial charge in [0.2, 0.25) is 0 Å². The molecule has 0 aromatic heterocycles. The van der Waals surface area contributed by atoms with Gasteiger partial charge in [0.15, 0.2) is 0 Å². The lowest BCUT2D eigenvalue weighted by Crippen LogP contribution is -2.48. The molecule has 0 aliphatic rings. The van der Waals surface area contributed by atoms with Crippen molar-refractivity contribution >= 4 is 11.4 Å². The number of nitrogens with one attached hydrogen (secondary N) is 3. The summed E-state index contributed by atoms with van der Waals surface area (Å²) in [5.41, 5.74) is 15.5. The van der Waals surface area contributed by atoms with Gasteiger partial charge < -0.3 is 10.6 Å². The van der Waals surface area contributed by atoms with Crippen molar-refractivity contribution in [1.29, 1.82) is 0 Å². The summed E-state index contributed by atoms with van der Waals surface area (Å²) in [6.07, 6.45) is 5.96. The van der Waals surface area contributed by atoms with Crippen LogP contribution in [-0.2, 0) is 0 Å². The zero-order valence-electron chi connectivity index (χ0n) is 22.2. The predicted octanol–water partition coefficient (Wildman–Crippen LogP) is 6.28. The van der Waals surface area contributed by atoms with Gasteiger partial charge in [-0.1, -0.05) is 5.92 Å². The summed E-state index contributed by atoms with van der Waals surface area (Å²) < 4.78 is 0. The van der Waals surface area contributed by atoms with Gasteiger partial charge in [0.25, 0.3) is 0 Å². The molecule has 0 amide bonds. The Labute approximate surface area is 196 Å². The largest absolute Gasteiger partial charge is 0.383 e. The summed E-state index contributed by atoms with van der Waals surface area (Å²) in [5.74, 6) is 2.97. The summed E-state index contributed by atoms with van der Waals surface area (Å²) in [7, 11) is 0. The highest BCUT2D eigenvalue weighted by atomic mass is 15.0. The van der Waals surface area contributed by atoms with Crippen molar-refractivity contribution in [2.24, 2.45) is 0 Å². The molecule has 1 atom stereocenters. The van der Waals surface area contributed by atoms with E-state index in [9.17, 15) is 0 Å². The first-order valence-corrected chi connectivity index (χ1v) is 11.7. The number of hydrogen-bond acceptors (Lipinski definition) is 3. The van der Waals surface area contributed by atoms with E-state index in [4.69, 9.17) is 6.42 Å². The maximum atomic E-state index is 5.96. The topological polar surface area (TPSA) is 36.1 Å². The molecule has 0 aliphatic heterocycles. The minimum absolute atomic E-state index is 0.434. The molecule has 0 saturated heterocycles. The van der Waals surface area contributed by atoms with Crippen LogP contribution in [0.3, 0.4) is 0 Å². The van der Waals surface area contributed by atoms with Crippen LogP contribution in [0.2, 0.25) is 0 Å². The van der Waals surface area contributed by atoms with Crippen LogP contribution >= 0.6 is 0 Å². The number of benzene rings is 2. The van der Waals surface area contributed by atoms with E-state index >= 15 is 0 Å². The van der Waals surface area contributed by atoms with Crippen molar-refractivity contribution in [2.75, 3.05) is 30.3 Å². The van der Waals surface area contributed by atoms with Crippen LogP contribution in [0.15, 0.2) is 0 Å². The molecule has 0 heterocycles. The predicted molar refractivity (Wildman–Crippen MR) is 142 cm³/mol. The third kappa shape index (κ3) is 4.97. The van der Waals surface area contributed by atoms with Gasteiger partial charge in [-0.3, -0.25) is 5.32 Å². The fourth-order valence-corrected chi connectivity index (χ4v) is 4.49. The molecule has 3 N–H and O–H groups in total. The molecule has 1 unspecified atom stereocenters. The van der Waals surface area contributed by atoms with Gasteiger partial charge in [0, 0.05) is 31.0 Å². The zero-order chi connectivity index (χ0) is 24.4. The highest BCUT2D eigenvalue weighted by molar-refractivity contribution is 5.65. The van der Waals surface area contributed by atoms with E-state index in [1.54, 1.807) is 0 Å². The van der Waals surface area contributed by atoms with Gasteiger partial charge in [-0.2, -0.15) is 0 Å². The Balaban J connectivity index is 2.06. The van der Waals surface area contributed by atoms with Crippen molar-refractivity contribution < 1.29 is 0 Å². The number of anilines is 2. The Bertz CT molecular complexity index is 998. The second-order valence-electron chi connectivity index (χ2n) is 9.68. The van der Waals surface area contributed by atoms with Crippen LogP contribution < -0.4 is 16.0 Å². The molecule has 2 aromatic carbocycles. The fraction of sp³-hybridized carbons (Fsp3) is 0.517. The maximum absolute atomic E-state index is 5.96. The molecule has 0 aliphatic carbocycles. The van der Waals surface area contributed by atoms with E-state index < -0.39 is 5.54 Å². The van der Waals surface area contributed by atoms with Gasteiger partial charge in [-0.15, -0.1) is 6.42 Å². The Morgan fingerprint density at radius 3 is 1.28 bits per heavy atom. The zero-order valence-corrected chi connectivity index (χ0v) is 22.2. The van der Waals surface area contributed by atoms with Gasteiger partial charge in [0.05, 0.1) is 5.54 Å². The molecule has 0 saturated carbocycles. The van der Waals surface area contributed by atoms with E-state index in [2.05, 4.69) is 98.0 Å². The monoisotopic (exact) mass is 433 g/mol. The molecule has 3 nitrogen and oxygen atoms in total. The summed E-state index contributed by atoms with van der Waals surface area (Å²) >= 11 is 0. The fourth-order valence-electron chi connectivity index (χ4n) is 4.49. The van der Waals surface area contributed by atoms with E-state index in [0.29, 0.717) is 6.54 Å². The number of rotatable bonds is 8. The van der Waals surface area contributed by atoms with Crippen molar-refractivity contribution in [2.45, 2.75) is 81.7 Å². The summed E-state index contributed by atoms with van der Waals surface area (Å²) in [5, 5.41) is 10.9. The molecular weight excluding hydrogens is 390 g/mol. The van der Waals surface area contributed by atoms with Gasteiger partial charge in [0.1, 0.15) is 0 Å². The second-order valence-corrected chi connectivity index (χ2v) is 9.68. The molecule has 32 heavy (non-hydrogen) atoms. The highest BCUT2D eigenvalue weighted by Gasteiger charge is 2.22. The third-order valence-electron chi connectivity index (χ3n) is 7.88. The molecular formula is C29H43N3. The average molecular weight is 434 g/mol. The van der Waals surface area contributed by atoms with Crippen LogP contribution in [0.5, 0.6) is 0 Å². The molecule has 2 rings (SSSR count). The first-order valence-electron chi connectivity index (χ1n) is 11.7. The molecule has 0 spiro atoms. The van der Waals surface area contributed by atoms with E-state index in [0.717, 1.165) is 13.1 Å². The first-order chi connectivity index (χ1) is 14.9. The molecule has 3 heteroatoms. The van der Waals surface area contributed by atoms with Crippen molar-refractivity contribution in [3.63, 3.8) is 0 Å². The minimum Gasteiger partial charge on any atom is -0.383 e. The number of terminal acetylenes is 1. The van der Waals surface area contributed by atoms with Crippen LogP contribution in [0.1, 0.15) is 62.6 Å². The Kier molecular flexibility index (Phi) is 8.07. The van der Waals surface area contributed by atoms with Gasteiger partial charge >= 0.3 is 0 Å². The smallest absolute Gasteiger partial charge is 0.0944 e.